The Labute approximate surface area is 117 Å². The van der Waals surface area contributed by atoms with Crippen molar-refractivity contribution in [3.63, 3.8) is 0 Å². The summed E-state index contributed by atoms with van der Waals surface area (Å²) in [5.41, 5.74) is 2.21. The van der Waals surface area contributed by atoms with Gasteiger partial charge in [-0.15, -0.1) is 11.3 Å². The number of aryl methyl sites for hydroxylation is 2. The lowest BCUT2D eigenvalue weighted by molar-refractivity contribution is 0.0944. The van der Waals surface area contributed by atoms with E-state index >= 15 is 0 Å². The molecule has 19 heavy (non-hydrogen) atoms. The second kappa shape index (κ2) is 5.97. The van der Waals surface area contributed by atoms with Gasteiger partial charge in [0.15, 0.2) is 0 Å². The SMILES string of the molecule is CCc1sc(C(=O)NC(C)c2cccnc2)cc1C. The highest BCUT2D eigenvalue weighted by Gasteiger charge is 2.14. The van der Waals surface area contributed by atoms with Gasteiger partial charge in [0, 0.05) is 17.3 Å². The molecule has 1 unspecified atom stereocenters. The standard InChI is InChI=1S/C15H18N2OS/c1-4-13-10(2)8-14(19-13)15(18)17-11(3)12-6-5-7-16-9-12/h5-9,11H,4H2,1-3H3,(H,17,18). The molecule has 100 valence electrons. The minimum atomic E-state index is -0.0336. The molecule has 0 saturated carbocycles. The van der Waals surface area contributed by atoms with Crippen LogP contribution in [0.2, 0.25) is 0 Å². The van der Waals surface area contributed by atoms with E-state index in [0.717, 1.165) is 16.9 Å². The molecule has 2 heterocycles. The molecule has 2 rings (SSSR count). The van der Waals surface area contributed by atoms with E-state index in [1.165, 1.54) is 10.4 Å². The van der Waals surface area contributed by atoms with Crippen LogP contribution in [0.1, 0.15) is 45.6 Å². The molecule has 0 radical (unpaired) electrons. The zero-order valence-electron chi connectivity index (χ0n) is 11.4. The van der Waals surface area contributed by atoms with Gasteiger partial charge in [0.2, 0.25) is 0 Å². The van der Waals surface area contributed by atoms with Crippen LogP contribution in [0, 0.1) is 6.92 Å². The maximum absolute atomic E-state index is 12.2. The molecule has 0 aliphatic rings. The van der Waals surface area contributed by atoms with Gasteiger partial charge in [-0.3, -0.25) is 9.78 Å². The molecule has 0 aliphatic heterocycles. The number of amides is 1. The summed E-state index contributed by atoms with van der Waals surface area (Å²) in [4.78, 5) is 18.3. The van der Waals surface area contributed by atoms with Crippen molar-refractivity contribution in [3.8, 4) is 0 Å². The molecular weight excluding hydrogens is 256 g/mol. The van der Waals surface area contributed by atoms with E-state index in [1.54, 1.807) is 23.7 Å². The summed E-state index contributed by atoms with van der Waals surface area (Å²) in [6.07, 6.45) is 4.48. The molecular formula is C15H18N2OS. The molecule has 1 atom stereocenters. The van der Waals surface area contributed by atoms with Gasteiger partial charge >= 0.3 is 0 Å². The lowest BCUT2D eigenvalue weighted by atomic mass is 10.1. The first-order valence-electron chi connectivity index (χ1n) is 6.42. The third kappa shape index (κ3) is 3.20. The van der Waals surface area contributed by atoms with E-state index in [9.17, 15) is 4.79 Å². The highest BCUT2D eigenvalue weighted by atomic mass is 32.1. The fraction of sp³-hybridized carbons (Fsp3) is 0.333. The minimum Gasteiger partial charge on any atom is -0.345 e. The van der Waals surface area contributed by atoms with Crippen molar-refractivity contribution in [1.82, 2.24) is 10.3 Å². The number of hydrogen-bond donors (Lipinski definition) is 1. The lowest BCUT2D eigenvalue weighted by Crippen LogP contribution is -2.25. The van der Waals surface area contributed by atoms with Crippen LogP contribution in [0.3, 0.4) is 0 Å². The Hall–Kier alpha value is -1.68. The van der Waals surface area contributed by atoms with Gasteiger partial charge in [-0.05, 0) is 43.5 Å². The van der Waals surface area contributed by atoms with Crippen molar-refractivity contribution in [2.75, 3.05) is 0 Å². The van der Waals surface area contributed by atoms with Crippen molar-refractivity contribution in [1.29, 1.82) is 0 Å². The Bertz CT molecular complexity index is 563. The summed E-state index contributed by atoms with van der Waals surface area (Å²) in [5, 5.41) is 3.01. The monoisotopic (exact) mass is 274 g/mol. The van der Waals surface area contributed by atoms with E-state index in [-0.39, 0.29) is 11.9 Å². The molecule has 0 fully saturated rings. The van der Waals surface area contributed by atoms with Gasteiger partial charge in [0.25, 0.3) is 5.91 Å². The summed E-state index contributed by atoms with van der Waals surface area (Å²) >= 11 is 1.58. The molecule has 0 spiro atoms. The van der Waals surface area contributed by atoms with Gasteiger partial charge in [0.1, 0.15) is 0 Å². The minimum absolute atomic E-state index is 0.0100. The molecule has 0 saturated heterocycles. The Kier molecular flexibility index (Phi) is 4.32. The van der Waals surface area contributed by atoms with Crippen molar-refractivity contribution >= 4 is 17.2 Å². The zero-order chi connectivity index (χ0) is 13.8. The van der Waals surface area contributed by atoms with Crippen LogP contribution in [0.25, 0.3) is 0 Å². The number of carbonyl (C=O) groups is 1. The van der Waals surface area contributed by atoms with Crippen molar-refractivity contribution in [2.24, 2.45) is 0 Å². The number of nitrogens with one attached hydrogen (secondary N) is 1. The smallest absolute Gasteiger partial charge is 0.261 e. The predicted octanol–water partition coefficient (Wildman–Crippen LogP) is 3.50. The van der Waals surface area contributed by atoms with Gasteiger partial charge in [-0.1, -0.05) is 13.0 Å². The van der Waals surface area contributed by atoms with Crippen LogP contribution < -0.4 is 5.32 Å². The summed E-state index contributed by atoms with van der Waals surface area (Å²) in [6.45, 7) is 6.13. The molecule has 1 N–H and O–H groups in total. The molecule has 0 bridgehead atoms. The van der Waals surface area contributed by atoms with Crippen molar-refractivity contribution in [2.45, 2.75) is 33.2 Å². The Balaban J connectivity index is 2.08. The number of thiophene rings is 1. The first-order valence-corrected chi connectivity index (χ1v) is 7.23. The van der Waals surface area contributed by atoms with Crippen LogP contribution in [0.4, 0.5) is 0 Å². The van der Waals surface area contributed by atoms with Crippen molar-refractivity contribution < 1.29 is 4.79 Å². The highest BCUT2D eigenvalue weighted by molar-refractivity contribution is 7.14. The number of pyridine rings is 1. The van der Waals surface area contributed by atoms with Gasteiger partial charge in [-0.25, -0.2) is 0 Å². The fourth-order valence-electron chi connectivity index (χ4n) is 1.97. The maximum Gasteiger partial charge on any atom is 0.261 e. The first-order chi connectivity index (χ1) is 9.11. The van der Waals surface area contributed by atoms with E-state index < -0.39 is 0 Å². The second-order valence-electron chi connectivity index (χ2n) is 4.55. The Morgan fingerprint density at radius 3 is 2.89 bits per heavy atom. The summed E-state index contributed by atoms with van der Waals surface area (Å²) < 4.78 is 0. The highest BCUT2D eigenvalue weighted by Crippen LogP contribution is 2.23. The van der Waals surface area contributed by atoms with E-state index in [0.29, 0.717) is 0 Å². The topological polar surface area (TPSA) is 42.0 Å². The average Bonchev–Trinajstić information content (AvgIpc) is 2.81. The molecule has 0 aromatic carbocycles. The fourth-order valence-corrected chi connectivity index (χ4v) is 2.98. The first kappa shape index (κ1) is 13.7. The average molecular weight is 274 g/mol. The molecule has 4 heteroatoms. The maximum atomic E-state index is 12.2. The van der Waals surface area contributed by atoms with E-state index in [4.69, 9.17) is 0 Å². The number of aromatic nitrogens is 1. The number of hydrogen-bond acceptors (Lipinski definition) is 3. The lowest BCUT2D eigenvalue weighted by Gasteiger charge is -2.12. The summed E-state index contributed by atoms with van der Waals surface area (Å²) in [6, 6.07) is 5.78. The van der Waals surface area contributed by atoms with Crippen LogP contribution in [-0.4, -0.2) is 10.9 Å². The van der Waals surface area contributed by atoms with E-state index in [2.05, 4.69) is 24.1 Å². The Morgan fingerprint density at radius 1 is 1.53 bits per heavy atom. The normalized spacial score (nSPS) is 12.2. The zero-order valence-corrected chi connectivity index (χ0v) is 12.3. The summed E-state index contributed by atoms with van der Waals surface area (Å²) in [5.74, 6) is -0.0100. The third-order valence-electron chi connectivity index (χ3n) is 3.10. The number of rotatable bonds is 4. The van der Waals surface area contributed by atoms with Crippen LogP contribution >= 0.6 is 11.3 Å². The quantitative estimate of drug-likeness (QED) is 0.927. The molecule has 0 aliphatic carbocycles. The van der Waals surface area contributed by atoms with Gasteiger partial charge in [0.05, 0.1) is 10.9 Å². The molecule has 2 aromatic heterocycles. The second-order valence-corrected chi connectivity index (χ2v) is 5.69. The van der Waals surface area contributed by atoms with E-state index in [1.807, 2.05) is 25.1 Å². The predicted molar refractivity (Wildman–Crippen MR) is 78.6 cm³/mol. The molecule has 3 nitrogen and oxygen atoms in total. The van der Waals surface area contributed by atoms with Gasteiger partial charge < -0.3 is 5.32 Å². The third-order valence-corrected chi connectivity index (χ3v) is 4.48. The molecule has 1 amide bonds. The van der Waals surface area contributed by atoms with Crippen LogP contribution in [0.15, 0.2) is 30.6 Å². The largest absolute Gasteiger partial charge is 0.345 e. The Morgan fingerprint density at radius 2 is 2.32 bits per heavy atom. The van der Waals surface area contributed by atoms with Crippen molar-refractivity contribution in [3.05, 3.63) is 51.5 Å². The summed E-state index contributed by atoms with van der Waals surface area (Å²) in [7, 11) is 0. The van der Waals surface area contributed by atoms with Crippen LogP contribution in [-0.2, 0) is 6.42 Å². The number of carbonyl (C=O) groups excluding carboxylic acids is 1. The van der Waals surface area contributed by atoms with Gasteiger partial charge in [-0.2, -0.15) is 0 Å². The number of nitrogens with zero attached hydrogens (tertiary/aromatic N) is 1. The van der Waals surface area contributed by atoms with Crippen LogP contribution in [0.5, 0.6) is 0 Å². The molecule has 2 aromatic rings.